The average molecular weight is 1810 g/mol. The minimum absolute atomic E-state index is 0.0653. The van der Waals surface area contributed by atoms with Crippen molar-refractivity contribution < 1.29 is 122 Å². The molecular formula is C90H100Cl3N9O25. The Hall–Kier alpha value is -10.8. The molecule has 6 heterocycles. The van der Waals surface area contributed by atoms with Gasteiger partial charge in [0.2, 0.25) is 41.4 Å². The van der Waals surface area contributed by atoms with Crippen molar-refractivity contribution in [1.29, 1.82) is 0 Å². The van der Waals surface area contributed by atoms with Crippen LogP contribution in [0.2, 0.25) is 15.1 Å². The molecule has 2 saturated heterocycles. The van der Waals surface area contributed by atoms with Gasteiger partial charge < -0.3 is 127 Å². The van der Waals surface area contributed by atoms with E-state index in [9.17, 15) is 79.5 Å². The number of hydrogen-bond donors (Lipinski definition) is 18. The van der Waals surface area contributed by atoms with Crippen molar-refractivity contribution in [2.24, 2.45) is 28.9 Å². The Balaban J connectivity index is 0.830. The van der Waals surface area contributed by atoms with E-state index in [1.54, 1.807) is 19.1 Å². The van der Waals surface area contributed by atoms with Gasteiger partial charge in [0.1, 0.15) is 101 Å². The maximum atomic E-state index is 15.5. The maximum absolute atomic E-state index is 15.5. The predicted molar refractivity (Wildman–Crippen MR) is 456 cm³/mol. The lowest BCUT2D eigenvalue weighted by Gasteiger charge is -2.73. The van der Waals surface area contributed by atoms with Gasteiger partial charge in [0.05, 0.1) is 64.9 Å². The number of ether oxygens (including phenoxy) is 7. The predicted octanol–water partition coefficient (Wildman–Crippen LogP) is 6.90. The molecule has 19 atom stereocenters. The third kappa shape index (κ3) is 19.4. The third-order valence-electron chi connectivity index (χ3n) is 25.3. The number of hydrogen-bond acceptors (Lipinski definition) is 25. The number of halogens is 3. The molecule has 34 nitrogen and oxygen atoms in total. The number of aromatic hydroxyl groups is 3. The first-order valence-corrected chi connectivity index (χ1v) is 42.7. The average Bonchev–Trinajstić information content (AvgIpc) is 1.65. The maximum Gasteiger partial charge on any atom is 0.334 e. The molecule has 7 aromatic carbocycles. The first kappa shape index (κ1) is 92.4. The zero-order chi connectivity index (χ0) is 91.1. The number of phenolic OH excluding ortho intramolecular Hbond substituents is 3. The van der Waals surface area contributed by atoms with Gasteiger partial charge in [0, 0.05) is 47.0 Å². The van der Waals surface area contributed by atoms with Crippen molar-refractivity contribution in [1.82, 2.24) is 42.5 Å². The number of benzene rings is 7. The van der Waals surface area contributed by atoms with Gasteiger partial charge in [-0.1, -0.05) is 135 Å². The summed E-state index contributed by atoms with van der Waals surface area (Å²) in [6.45, 7) is 5.80. The van der Waals surface area contributed by atoms with E-state index in [0.717, 1.165) is 36.1 Å². The molecule has 0 aromatic heterocycles. The quantitative estimate of drug-likeness (QED) is 0.0249. The largest absolute Gasteiger partial charge is 0.508 e. The number of carboxylic acid groups (broad SMARTS) is 2. The number of phenols is 3. The number of likely N-dealkylation sites (N-methyl/N-ethyl adjacent to an activating group) is 1. The summed E-state index contributed by atoms with van der Waals surface area (Å²) in [6.07, 6.45) is -12.1. The lowest BCUT2D eigenvalue weighted by Crippen LogP contribution is -2.90. The summed E-state index contributed by atoms with van der Waals surface area (Å²) in [7, 11) is 2.94. The van der Waals surface area contributed by atoms with Crippen LogP contribution in [-0.4, -0.2) is 211 Å². The second kappa shape index (κ2) is 38.2. The lowest BCUT2D eigenvalue weighted by atomic mass is 9.48. The van der Waals surface area contributed by atoms with Gasteiger partial charge >= 0.3 is 11.9 Å². The van der Waals surface area contributed by atoms with E-state index in [0.29, 0.717) is 17.0 Å². The summed E-state index contributed by atoms with van der Waals surface area (Å²) >= 11 is 20.6. The molecule has 16 rings (SSSR count). The Morgan fingerprint density at radius 2 is 1.34 bits per heavy atom. The molecule has 37 heteroatoms. The minimum atomic E-state index is -2.24. The number of primary amides is 1. The number of carbonyl (C=O) groups is 9. The second-order valence-corrected chi connectivity index (χ2v) is 35.4. The molecule has 5 fully saturated rings. The van der Waals surface area contributed by atoms with Crippen LogP contribution in [0, 0.1) is 23.2 Å². The lowest BCUT2D eigenvalue weighted by molar-refractivity contribution is -0.464. The second-order valence-electron chi connectivity index (χ2n) is 34.1. The van der Waals surface area contributed by atoms with Gasteiger partial charge in [-0.2, -0.15) is 0 Å². The number of para-hydroxylation sites is 1. The minimum Gasteiger partial charge on any atom is -0.508 e. The summed E-state index contributed by atoms with van der Waals surface area (Å²) in [5, 5.41) is 124. The van der Waals surface area contributed by atoms with Gasteiger partial charge in [-0.15, -0.1) is 0 Å². The summed E-state index contributed by atoms with van der Waals surface area (Å²) in [5.41, 5.74) is 4.70. The zero-order valence-electron chi connectivity index (χ0n) is 69.7. The van der Waals surface area contributed by atoms with E-state index in [-0.39, 0.29) is 111 Å². The number of fused-ring (bicyclic) bond motifs is 17. The van der Waals surface area contributed by atoms with Crippen LogP contribution in [0.25, 0.3) is 22.3 Å². The van der Waals surface area contributed by atoms with Gasteiger partial charge in [-0.3, -0.25) is 33.6 Å². The van der Waals surface area contributed by atoms with Crippen LogP contribution in [0.4, 0.5) is 0 Å². The van der Waals surface area contributed by atoms with E-state index in [2.05, 4.69) is 42.5 Å². The molecule has 7 aromatic rings. The zero-order valence-corrected chi connectivity index (χ0v) is 71.9. The molecule has 6 aliphatic heterocycles. The number of aliphatic hydroxyl groups is 4. The molecule has 0 radical (unpaired) electrons. The highest BCUT2D eigenvalue weighted by atomic mass is 35.5. The summed E-state index contributed by atoms with van der Waals surface area (Å²) in [4.78, 5) is 129. The summed E-state index contributed by atoms with van der Waals surface area (Å²) in [6, 6.07) is 20.8. The molecule has 7 amide bonds. The molecule has 676 valence electrons. The Kier molecular flexibility index (Phi) is 27.8. The highest BCUT2D eigenvalue weighted by molar-refractivity contribution is 6.32. The standard InChI is InChI=1S/C90H100Cl3N9O25/c1-39(2)25-55(95-5)81(112)102-72-74(109)45-20-24-60(54(93)30-45)124-62-32-47-31-61(67(62)46-27-48(28-46)76-78(77(121-6)75(110)63(125-76)26-40-11-12-40)126-88-89(3)80(127-88)79(111)90(89,4)97-36-64(86(117)118)122-38-41-13-15-42(16-14-41)43-17-21-49(91)22-18-43)123-59-23-19-44(29-53(59)92)73(108)71(99-66(107)37-96-83(114)69(47)100-82(113)56(35-65(94)106)98-84(72)115)85(116)101-70(87(119)120)52-33-50(103)34-58(105)68(52)51-9-7-8-10-57(51)104/h7-10,13-24,29-34,39-40,46,48,55-56,63-64,69-80,88,95,97,103-105,108-111H,11-12,25-28,35-38H2,1-6H3,(H2,94,106)(H,96,114)(H,98,115)(H,99,107)(H,100,113)(H,101,116)(H,102,112)(H,117,118)(H,119,120). The smallest absolute Gasteiger partial charge is 0.334 e. The molecule has 3 saturated carbocycles. The Morgan fingerprint density at radius 1 is 0.701 bits per heavy atom. The van der Waals surface area contributed by atoms with Crippen LogP contribution >= 0.6 is 34.8 Å². The first-order valence-electron chi connectivity index (χ1n) is 41.5. The molecule has 0 spiro atoms. The van der Waals surface area contributed by atoms with E-state index in [4.69, 9.17) is 73.7 Å². The van der Waals surface area contributed by atoms with Crippen LogP contribution in [-0.2, 0) is 73.4 Å². The number of methoxy groups -OCH3 is 1. The molecule has 9 aliphatic rings. The summed E-state index contributed by atoms with van der Waals surface area (Å²) in [5.74, 6) is -15.1. The Labute approximate surface area is 743 Å². The number of amides is 7. The SMILES string of the molecule is CNC(CC(C)C)C(=O)NC1C(=O)NC(CC(N)=O)C(=O)NC2C(=O)NCC(=O)NC(C(=O)NC(C(=O)O)c3cc(O)cc(O)c3-c3ccccc3O)C(O)c3ccc(c(Cl)c3)Oc3cc2cc(c3C2CC(C3OC(CC4CC4)C(O)C(OC)C3OC3OC4C(O)C(C)(NCC(OCc5ccc(-c6ccc(Cl)cc6)cc5)C(=O)O)C34C)C2)Oc2ccc(cc2Cl)C1O. The van der Waals surface area contributed by atoms with Gasteiger partial charge in [0.15, 0.2) is 18.4 Å². The van der Waals surface area contributed by atoms with Crippen molar-refractivity contribution in [3.63, 3.8) is 0 Å². The van der Waals surface area contributed by atoms with Crippen molar-refractivity contribution >= 4 is 88.1 Å². The van der Waals surface area contributed by atoms with Gasteiger partial charge in [-0.25, -0.2) is 9.59 Å². The number of nitrogens with two attached hydrogens (primary N) is 1. The molecule has 3 aliphatic carbocycles. The van der Waals surface area contributed by atoms with Crippen LogP contribution in [0.5, 0.6) is 40.2 Å². The number of aliphatic hydroxyl groups excluding tert-OH is 4. The first-order chi connectivity index (χ1) is 60.4. The monoisotopic (exact) mass is 1810 g/mol. The molecule has 19 unspecified atom stereocenters. The van der Waals surface area contributed by atoms with Gasteiger partial charge in [-0.05, 0) is 157 Å². The highest BCUT2D eigenvalue weighted by Crippen LogP contribution is 2.64. The highest BCUT2D eigenvalue weighted by Gasteiger charge is 2.79. The van der Waals surface area contributed by atoms with E-state index in [1.165, 1.54) is 87.0 Å². The number of nitrogens with one attached hydrogen (secondary N) is 8. The molecular weight excluding hydrogens is 1710 g/mol. The topological polar surface area (TPSA) is 523 Å². The third-order valence-corrected chi connectivity index (χ3v) is 26.1. The van der Waals surface area contributed by atoms with E-state index >= 15 is 9.59 Å². The van der Waals surface area contributed by atoms with Crippen molar-refractivity contribution in [2.45, 2.75) is 194 Å². The van der Waals surface area contributed by atoms with Crippen molar-refractivity contribution in [3.05, 3.63) is 182 Å². The Morgan fingerprint density at radius 3 is 1.93 bits per heavy atom. The number of carboxylic acids is 2. The Bertz CT molecular complexity index is 5360. The van der Waals surface area contributed by atoms with Crippen molar-refractivity contribution in [3.8, 4) is 62.5 Å². The molecule has 19 N–H and O–H groups in total. The number of carbonyl (C=O) groups excluding carboxylic acids is 7. The number of aliphatic carboxylic acids is 2. The van der Waals surface area contributed by atoms with Crippen LogP contribution in [0.3, 0.4) is 0 Å². The number of rotatable bonds is 27. The van der Waals surface area contributed by atoms with Crippen LogP contribution in [0.15, 0.2) is 133 Å². The fraction of sp³-hybridized carbons (Fsp3) is 0.433. The van der Waals surface area contributed by atoms with Crippen molar-refractivity contribution in [2.75, 3.05) is 27.2 Å². The van der Waals surface area contributed by atoms with E-state index in [1.807, 2.05) is 57.2 Å². The summed E-state index contributed by atoms with van der Waals surface area (Å²) < 4.78 is 46.7. The van der Waals surface area contributed by atoms with Crippen LogP contribution in [0.1, 0.15) is 136 Å². The fourth-order valence-electron chi connectivity index (χ4n) is 17.8. The molecule has 7 bridgehead atoms. The van der Waals surface area contributed by atoms with Crippen LogP contribution < -0.4 is 57.7 Å². The van der Waals surface area contributed by atoms with E-state index < -0.39 is 215 Å². The fourth-order valence-corrected chi connectivity index (χ4v) is 18.4. The van der Waals surface area contributed by atoms with Gasteiger partial charge in [0.25, 0.3) is 0 Å². The normalized spacial score (nSPS) is 28.3. The molecule has 127 heavy (non-hydrogen) atoms.